The largest absolute Gasteiger partial charge is 0.360 e. The van der Waals surface area contributed by atoms with Crippen LogP contribution in [0.3, 0.4) is 0 Å². The van der Waals surface area contributed by atoms with E-state index in [1.165, 1.54) is 5.56 Å². The number of piperazine rings is 1. The van der Waals surface area contributed by atoms with Crippen LogP contribution < -0.4 is 20.9 Å². The summed E-state index contributed by atoms with van der Waals surface area (Å²) in [6, 6.07) is 18.7. The number of anilines is 1. The summed E-state index contributed by atoms with van der Waals surface area (Å²) in [5, 5.41) is 13.8. The topological polar surface area (TPSA) is 86.6 Å². The molecule has 0 aliphatic carbocycles. The Balaban J connectivity index is 0.00000324. The van der Waals surface area contributed by atoms with E-state index >= 15 is 0 Å². The monoisotopic (exact) mass is 573 g/mol. The Morgan fingerprint density at radius 2 is 1.79 bits per heavy atom. The maximum absolute atomic E-state index is 11.6. The van der Waals surface area contributed by atoms with Gasteiger partial charge in [-0.2, -0.15) is 5.10 Å². The Hall–Kier alpha value is -3.08. The third kappa shape index (κ3) is 7.21. The summed E-state index contributed by atoms with van der Waals surface area (Å²) in [5.74, 6) is 0.882. The Kier molecular flexibility index (Phi) is 9.75. The van der Waals surface area contributed by atoms with Gasteiger partial charge in [-0.3, -0.25) is 4.79 Å². The van der Waals surface area contributed by atoms with Gasteiger partial charge in [0.2, 0.25) is 5.91 Å². The molecule has 1 aromatic heterocycles. The average molecular weight is 573 g/mol. The highest BCUT2D eigenvalue weighted by molar-refractivity contribution is 14.0. The molecule has 0 radical (unpaired) electrons. The second-order valence-corrected chi connectivity index (χ2v) is 7.93. The van der Waals surface area contributed by atoms with Crippen molar-refractivity contribution in [3.63, 3.8) is 0 Å². The van der Waals surface area contributed by atoms with E-state index in [2.05, 4.69) is 81.4 Å². The average Bonchev–Trinajstić information content (AvgIpc) is 3.38. The van der Waals surface area contributed by atoms with Gasteiger partial charge in [-0.1, -0.05) is 24.3 Å². The fourth-order valence-electron chi connectivity index (χ4n) is 3.75. The fourth-order valence-corrected chi connectivity index (χ4v) is 3.75. The molecule has 1 aliphatic rings. The molecule has 9 heteroatoms. The standard InChI is InChI=1S/C25H31N7O.HI/c1-2-26-25(28-14-12-20-4-10-23(11-5-20)32-16-3-13-30-32)29-18-21-6-8-22(9-7-21)31-17-15-27-24(33)19-31;/h3-11,13,16H,2,12,14-15,17-19H2,1H3,(H,27,33)(H2,26,28,29);1H. The summed E-state index contributed by atoms with van der Waals surface area (Å²) in [7, 11) is 0. The lowest BCUT2D eigenvalue weighted by atomic mass is 10.1. The van der Waals surface area contributed by atoms with Gasteiger partial charge in [-0.15, -0.1) is 24.0 Å². The second-order valence-electron chi connectivity index (χ2n) is 7.93. The number of guanidine groups is 1. The van der Waals surface area contributed by atoms with E-state index in [4.69, 9.17) is 4.99 Å². The van der Waals surface area contributed by atoms with Gasteiger partial charge in [0, 0.05) is 44.3 Å². The Morgan fingerprint density at radius 1 is 1.06 bits per heavy atom. The van der Waals surface area contributed by atoms with Crippen LogP contribution in [0.25, 0.3) is 5.69 Å². The summed E-state index contributed by atoms with van der Waals surface area (Å²) >= 11 is 0. The van der Waals surface area contributed by atoms with E-state index in [9.17, 15) is 4.79 Å². The molecule has 180 valence electrons. The van der Waals surface area contributed by atoms with Gasteiger partial charge in [0.1, 0.15) is 0 Å². The fraction of sp³-hybridized carbons (Fsp3) is 0.320. The van der Waals surface area contributed by atoms with E-state index in [0.717, 1.165) is 49.0 Å². The van der Waals surface area contributed by atoms with Crippen LogP contribution in [0.5, 0.6) is 0 Å². The quantitative estimate of drug-likeness (QED) is 0.219. The molecule has 0 saturated carbocycles. The van der Waals surface area contributed by atoms with E-state index in [-0.39, 0.29) is 29.9 Å². The van der Waals surface area contributed by atoms with Gasteiger partial charge < -0.3 is 20.9 Å². The number of hydrogen-bond donors (Lipinski definition) is 3. The van der Waals surface area contributed by atoms with E-state index in [1.807, 2.05) is 16.9 Å². The Morgan fingerprint density at radius 3 is 2.47 bits per heavy atom. The van der Waals surface area contributed by atoms with Crippen LogP contribution in [0.1, 0.15) is 18.1 Å². The molecule has 1 aliphatic heterocycles. The molecule has 2 heterocycles. The molecule has 1 saturated heterocycles. The molecule has 1 fully saturated rings. The predicted molar refractivity (Wildman–Crippen MR) is 147 cm³/mol. The number of halogens is 1. The molecule has 0 spiro atoms. The molecule has 0 unspecified atom stereocenters. The zero-order valence-corrected chi connectivity index (χ0v) is 21.7. The summed E-state index contributed by atoms with van der Waals surface area (Å²) in [4.78, 5) is 18.4. The van der Waals surface area contributed by atoms with E-state index in [1.54, 1.807) is 6.20 Å². The van der Waals surface area contributed by atoms with Gasteiger partial charge in [0.15, 0.2) is 5.96 Å². The van der Waals surface area contributed by atoms with Gasteiger partial charge in [0.25, 0.3) is 0 Å². The first-order valence-corrected chi connectivity index (χ1v) is 11.4. The number of carbonyl (C=O) groups excluding carboxylic acids is 1. The second kappa shape index (κ2) is 13.0. The minimum atomic E-state index is 0. The first-order chi connectivity index (χ1) is 16.2. The zero-order chi connectivity index (χ0) is 22.9. The minimum Gasteiger partial charge on any atom is -0.360 e. The minimum absolute atomic E-state index is 0. The highest BCUT2D eigenvalue weighted by atomic mass is 127. The van der Waals surface area contributed by atoms with Gasteiger partial charge in [-0.25, -0.2) is 9.67 Å². The van der Waals surface area contributed by atoms with Crippen molar-refractivity contribution in [3.8, 4) is 5.69 Å². The highest BCUT2D eigenvalue weighted by Gasteiger charge is 2.16. The molecule has 3 N–H and O–H groups in total. The number of nitrogens with one attached hydrogen (secondary N) is 3. The van der Waals surface area contributed by atoms with Gasteiger partial charge >= 0.3 is 0 Å². The van der Waals surface area contributed by atoms with Gasteiger partial charge in [0.05, 0.1) is 18.8 Å². The van der Waals surface area contributed by atoms with E-state index < -0.39 is 0 Å². The third-order valence-electron chi connectivity index (χ3n) is 5.52. The first kappa shape index (κ1) is 25.5. The van der Waals surface area contributed by atoms with Crippen molar-refractivity contribution in [2.75, 3.05) is 37.6 Å². The first-order valence-electron chi connectivity index (χ1n) is 11.4. The number of aromatic nitrogens is 2. The number of amides is 1. The Bertz CT molecular complexity index is 1050. The van der Waals surface area contributed by atoms with E-state index in [0.29, 0.717) is 19.6 Å². The smallest absolute Gasteiger partial charge is 0.239 e. The molecule has 0 atom stereocenters. The van der Waals surface area contributed by atoms with Crippen LogP contribution >= 0.6 is 24.0 Å². The molecule has 2 aromatic carbocycles. The van der Waals surface area contributed by atoms with Crippen LogP contribution in [-0.4, -0.2) is 54.4 Å². The summed E-state index contributed by atoms with van der Waals surface area (Å²) in [6.45, 7) is 6.20. The van der Waals surface area contributed by atoms with Crippen molar-refractivity contribution in [2.24, 2.45) is 4.99 Å². The molecule has 0 bridgehead atoms. The summed E-state index contributed by atoms with van der Waals surface area (Å²) in [5.41, 5.74) is 4.52. The third-order valence-corrected chi connectivity index (χ3v) is 5.52. The van der Waals surface area contributed by atoms with Crippen molar-refractivity contribution >= 4 is 41.5 Å². The SMILES string of the molecule is CCNC(=NCc1ccc(N2CCNC(=O)C2)cc1)NCCc1ccc(-n2cccn2)cc1.I. The summed E-state index contributed by atoms with van der Waals surface area (Å²) < 4.78 is 1.85. The number of carbonyl (C=O) groups is 1. The molecule has 34 heavy (non-hydrogen) atoms. The van der Waals surface area contributed by atoms with Crippen LogP contribution in [0.2, 0.25) is 0 Å². The summed E-state index contributed by atoms with van der Waals surface area (Å²) in [6.07, 6.45) is 4.62. The van der Waals surface area contributed by atoms with Crippen molar-refractivity contribution in [2.45, 2.75) is 19.9 Å². The van der Waals surface area contributed by atoms with Gasteiger partial charge in [-0.05, 0) is 54.8 Å². The number of aliphatic imine (C=N–C) groups is 1. The van der Waals surface area contributed by atoms with Crippen molar-refractivity contribution in [1.82, 2.24) is 25.7 Å². The Labute approximate surface area is 217 Å². The molecular formula is C25H32IN7O. The van der Waals surface area contributed by atoms with Crippen molar-refractivity contribution < 1.29 is 4.79 Å². The normalized spacial score (nSPS) is 13.7. The predicted octanol–water partition coefficient (Wildman–Crippen LogP) is 2.72. The number of benzene rings is 2. The maximum atomic E-state index is 11.6. The zero-order valence-electron chi connectivity index (χ0n) is 19.4. The lowest BCUT2D eigenvalue weighted by Crippen LogP contribution is -2.47. The number of rotatable bonds is 8. The van der Waals surface area contributed by atoms with Crippen LogP contribution in [0.4, 0.5) is 5.69 Å². The molecule has 1 amide bonds. The molecular weight excluding hydrogens is 541 g/mol. The highest BCUT2D eigenvalue weighted by Crippen LogP contribution is 2.16. The number of hydrogen-bond acceptors (Lipinski definition) is 4. The van der Waals surface area contributed by atoms with Crippen LogP contribution in [0, 0.1) is 0 Å². The lowest BCUT2D eigenvalue weighted by Gasteiger charge is -2.28. The maximum Gasteiger partial charge on any atom is 0.239 e. The number of nitrogens with zero attached hydrogens (tertiary/aromatic N) is 4. The van der Waals surface area contributed by atoms with Crippen LogP contribution in [0.15, 0.2) is 72.0 Å². The van der Waals surface area contributed by atoms with Crippen molar-refractivity contribution in [3.05, 3.63) is 78.1 Å². The molecule has 3 aromatic rings. The van der Waals surface area contributed by atoms with Crippen molar-refractivity contribution in [1.29, 1.82) is 0 Å². The lowest BCUT2D eigenvalue weighted by molar-refractivity contribution is -0.120. The van der Waals surface area contributed by atoms with Crippen LogP contribution in [-0.2, 0) is 17.8 Å². The molecule has 4 rings (SSSR count). The molecule has 8 nitrogen and oxygen atoms in total.